The molecule has 0 amide bonds. The van der Waals surface area contributed by atoms with E-state index in [0.29, 0.717) is 40.2 Å². The van der Waals surface area contributed by atoms with Crippen LogP contribution in [0, 0.1) is 11.6 Å². The lowest BCUT2D eigenvalue weighted by atomic mass is 10.1. The molecular weight excluding hydrogens is 448 g/mol. The summed E-state index contributed by atoms with van der Waals surface area (Å²) in [6, 6.07) is 18.7. The molecular formula is C24H19F2N3O3S. The van der Waals surface area contributed by atoms with Crippen LogP contribution in [-0.2, 0) is 23.7 Å². The lowest BCUT2D eigenvalue weighted by Crippen LogP contribution is -2.13. The van der Waals surface area contributed by atoms with Gasteiger partial charge in [-0.05, 0) is 36.4 Å². The van der Waals surface area contributed by atoms with E-state index in [9.17, 15) is 8.78 Å². The number of rotatable bonds is 7. The third kappa shape index (κ3) is 4.69. The summed E-state index contributed by atoms with van der Waals surface area (Å²) in [5, 5.41) is 9.19. The molecule has 0 saturated heterocycles. The van der Waals surface area contributed by atoms with E-state index in [0.717, 1.165) is 5.69 Å². The molecule has 5 rings (SSSR count). The van der Waals surface area contributed by atoms with Gasteiger partial charge >= 0.3 is 0 Å². The van der Waals surface area contributed by atoms with Crippen LogP contribution in [0.1, 0.15) is 17.0 Å². The van der Waals surface area contributed by atoms with Gasteiger partial charge in [0.05, 0.1) is 6.61 Å². The molecule has 33 heavy (non-hydrogen) atoms. The van der Waals surface area contributed by atoms with E-state index in [1.165, 1.54) is 30.0 Å². The molecule has 2 heterocycles. The van der Waals surface area contributed by atoms with E-state index in [4.69, 9.17) is 14.2 Å². The van der Waals surface area contributed by atoms with Crippen molar-refractivity contribution in [2.24, 2.45) is 0 Å². The van der Waals surface area contributed by atoms with Crippen molar-refractivity contribution < 1.29 is 23.0 Å². The van der Waals surface area contributed by atoms with E-state index in [-0.39, 0.29) is 25.0 Å². The highest BCUT2D eigenvalue weighted by atomic mass is 32.2. The summed E-state index contributed by atoms with van der Waals surface area (Å²) in [4.78, 5) is 0. The predicted octanol–water partition coefficient (Wildman–Crippen LogP) is 5.28. The molecule has 6 nitrogen and oxygen atoms in total. The highest BCUT2D eigenvalue weighted by Crippen LogP contribution is 2.34. The maximum Gasteiger partial charge on any atom is 0.196 e. The quantitative estimate of drug-likeness (QED) is 0.345. The predicted molar refractivity (Wildman–Crippen MR) is 118 cm³/mol. The van der Waals surface area contributed by atoms with Crippen LogP contribution < -0.4 is 9.47 Å². The van der Waals surface area contributed by atoms with Gasteiger partial charge in [-0.25, -0.2) is 8.78 Å². The molecule has 4 aromatic rings. The fourth-order valence-electron chi connectivity index (χ4n) is 3.53. The van der Waals surface area contributed by atoms with Crippen LogP contribution in [-0.4, -0.2) is 21.6 Å². The number of hydrogen-bond acceptors (Lipinski definition) is 6. The standard InChI is InChI=1S/C24H19F2N3O3S/c25-18-10-16-12-30-15-32-23(16)17(11-18)14-33-24-28-27-22(29(24)19-6-2-1-3-7-19)13-31-21-9-5-4-8-20(21)26/h1-11H,12-15H2. The van der Waals surface area contributed by atoms with Crippen molar-refractivity contribution >= 4 is 11.8 Å². The Morgan fingerprint density at radius 3 is 2.67 bits per heavy atom. The molecule has 3 aromatic carbocycles. The molecule has 0 unspecified atom stereocenters. The zero-order chi connectivity index (χ0) is 22.6. The van der Waals surface area contributed by atoms with Crippen molar-refractivity contribution in [3.05, 3.63) is 95.3 Å². The van der Waals surface area contributed by atoms with E-state index >= 15 is 0 Å². The second kappa shape index (κ2) is 9.60. The van der Waals surface area contributed by atoms with Gasteiger partial charge in [0.2, 0.25) is 0 Å². The third-order valence-electron chi connectivity index (χ3n) is 5.02. The zero-order valence-electron chi connectivity index (χ0n) is 17.4. The molecule has 1 aliphatic heterocycles. The maximum atomic E-state index is 14.1. The number of ether oxygens (including phenoxy) is 3. The Morgan fingerprint density at radius 1 is 1.00 bits per heavy atom. The summed E-state index contributed by atoms with van der Waals surface area (Å²) in [5.74, 6) is 0.917. The molecule has 0 saturated carbocycles. The largest absolute Gasteiger partial charge is 0.483 e. The number of para-hydroxylation sites is 2. The number of hydrogen-bond donors (Lipinski definition) is 0. The lowest BCUT2D eigenvalue weighted by Gasteiger charge is -2.20. The molecule has 0 atom stereocenters. The number of nitrogens with zero attached hydrogens (tertiary/aromatic N) is 3. The molecule has 0 fully saturated rings. The minimum atomic E-state index is -0.447. The van der Waals surface area contributed by atoms with Gasteiger partial charge in [-0.15, -0.1) is 10.2 Å². The summed E-state index contributed by atoms with van der Waals surface area (Å²) in [6.07, 6.45) is 0. The monoisotopic (exact) mass is 467 g/mol. The Labute approximate surface area is 193 Å². The van der Waals surface area contributed by atoms with Gasteiger partial charge in [-0.2, -0.15) is 0 Å². The summed E-state index contributed by atoms with van der Waals surface area (Å²) in [5.41, 5.74) is 2.23. The van der Waals surface area contributed by atoms with Gasteiger partial charge in [-0.1, -0.05) is 42.1 Å². The minimum Gasteiger partial charge on any atom is -0.483 e. The molecule has 168 valence electrons. The highest BCUT2D eigenvalue weighted by molar-refractivity contribution is 7.98. The summed E-state index contributed by atoms with van der Waals surface area (Å²) >= 11 is 1.39. The summed E-state index contributed by atoms with van der Waals surface area (Å²) in [6.45, 7) is 0.468. The molecule has 0 bridgehead atoms. The Morgan fingerprint density at radius 2 is 1.82 bits per heavy atom. The van der Waals surface area contributed by atoms with Crippen molar-refractivity contribution in [1.29, 1.82) is 0 Å². The molecule has 0 radical (unpaired) electrons. The number of thioether (sulfide) groups is 1. The smallest absolute Gasteiger partial charge is 0.196 e. The van der Waals surface area contributed by atoms with Crippen LogP contribution >= 0.6 is 11.8 Å². The van der Waals surface area contributed by atoms with Gasteiger partial charge in [0, 0.05) is 22.6 Å². The molecule has 1 aromatic heterocycles. The molecule has 0 spiro atoms. The molecule has 0 aliphatic carbocycles. The normalized spacial score (nSPS) is 12.8. The van der Waals surface area contributed by atoms with Crippen molar-refractivity contribution in [3.8, 4) is 17.2 Å². The second-order valence-corrected chi connectivity index (χ2v) is 8.18. The molecule has 0 N–H and O–H groups in total. The van der Waals surface area contributed by atoms with E-state index in [2.05, 4.69) is 10.2 Å². The Balaban J connectivity index is 1.42. The van der Waals surface area contributed by atoms with Crippen molar-refractivity contribution in [3.63, 3.8) is 0 Å². The number of fused-ring (bicyclic) bond motifs is 1. The van der Waals surface area contributed by atoms with E-state index in [1.807, 2.05) is 34.9 Å². The number of aromatic nitrogens is 3. The van der Waals surface area contributed by atoms with Gasteiger partial charge in [-0.3, -0.25) is 4.57 Å². The van der Waals surface area contributed by atoms with E-state index < -0.39 is 5.82 Å². The van der Waals surface area contributed by atoms with Crippen molar-refractivity contribution in [2.75, 3.05) is 6.79 Å². The van der Waals surface area contributed by atoms with Crippen LogP contribution in [0.15, 0.2) is 71.9 Å². The average Bonchev–Trinajstić information content (AvgIpc) is 3.25. The van der Waals surface area contributed by atoms with Crippen molar-refractivity contribution in [2.45, 2.75) is 24.1 Å². The Kier molecular flexibility index (Phi) is 6.23. The first-order valence-corrected chi connectivity index (χ1v) is 11.2. The van der Waals surface area contributed by atoms with Crippen LogP contribution in [0.2, 0.25) is 0 Å². The first-order chi connectivity index (χ1) is 16.2. The second-order valence-electron chi connectivity index (χ2n) is 7.24. The van der Waals surface area contributed by atoms with Gasteiger partial charge < -0.3 is 14.2 Å². The number of benzene rings is 3. The van der Waals surface area contributed by atoms with Gasteiger partial charge in [0.1, 0.15) is 18.2 Å². The topological polar surface area (TPSA) is 58.4 Å². The summed E-state index contributed by atoms with van der Waals surface area (Å²) in [7, 11) is 0. The SMILES string of the molecule is Fc1cc2c(c(CSc3nnc(COc4ccccc4F)n3-c3ccccc3)c1)OCOC2. The van der Waals surface area contributed by atoms with Crippen LogP contribution in [0.3, 0.4) is 0 Å². The fraction of sp³-hybridized carbons (Fsp3) is 0.167. The average molecular weight is 467 g/mol. The van der Waals surface area contributed by atoms with E-state index in [1.54, 1.807) is 18.2 Å². The van der Waals surface area contributed by atoms with Crippen molar-refractivity contribution in [1.82, 2.24) is 14.8 Å². The minimum absolute atomic E-state index is 0.0270. The van der Waals surface area contributed by atoms with Crippen LogP contribution in [0.25, 0.3) is 5.69 Å². The molecule has 9 heteroatoms. The third-order valence-corrected chi connectivity index (χ3v) is 5.99. The Bertz CT molecular complexity index is 1270. The maximum absolute atomic E-state index is 14.1. The number of halogens is 2. The zero-order valence-corrected chi connectivity index (χ0v) is 18.2. The van der Waals surface area contributed by atoms with Gasteiger partial charge in [0.15, 0.2) is 29.3 Å². The molecule has 1 aliphatic rings. The first-order valence-electron chi connectivity index (χ1n) is 10.2. The highest BCUT2D eigenvalue weighted by Gasteiger charge is 2.20. The lowest BCUT2D eigenvalue weighted by molar-refractivity contribution is -0.0171. The Hall–Kier alpha value is -3.43. The first kappa shape index (κ1) is 21.4. The van der Waals surface area contributed by atoms with Crippen LogP contribution in [0.5, 0.6) is 11.5 Å². The fourth-order valence-corrected chi connectivity index (χ4v) is 4.47. The van der Waals surface area contributed by atoms with Crippen LogP contribution in [0.4, 0.5) is 8.78 Å². The summed E-state index contributed by atoms with van der Waals surface area (Å²) < 4.78 is 46.5. The van der Waals surface area contributed by atoms with Gasteiger partial charge in [0.25, 0.3) is 0 Å².